The van der Waals surface area contributed by atoms with Crippen LogP contribution in [-0.2, 0) is 0 Å². The van der Waals surface area contributed by atoms with Crippen LogP contribution < -0.4 is 0 Å². The van der Waals surface area contributed by atoms with E-state index in [1.54, 1.807) is 12.3 Å². The van der Waals surface area contributed by atoms with Crippen molar-refractivity contribution in [3.8, 4) is 0 Å². The molecule has 0 spiro atoms. The second-order valence-corrected chi connectivity index (χ2v) is 5.52. The Morgan fingerprint density at radius 2 is 2.16 bits per heavy atom. The number of hydrogen-bond donors (Lipinski definition) is 1. The van der Waals surface area contributed by atoms with Gasteiger partial charge in [-0.25, -0.2) is 0 Å². The number of hydrogen-bond acceptors (Lipinski definition) is 3. The zero-order valence-electron chi connectivity index (χ0n) is 11.5. The summed E-state index contributed by atoms with van der Waals surface area (Å²) in [6.07, 6.45) is 6.40. The van der Waals surface area contributed by atoms with Crippen LogP contribution in [0, 0.1) is 0 Å². The number of carbonyl (C=O) groups is 1. The Hall–Kier alpha value is -1.36. The van der Waals surface area contributed by atoms with Gasteiger partial charge in [-0.05, 0) is 44.8 Å². The van der Waals surface area contributed by atoms with E-state index in [9.17, 15) is 4.79 Å². The van der Waals surface area contributed by atoms with Crippen molar-refractivity contribution in [2.45, 2.75) is 44.7 Å². The Morgan fingerprint density at radius 1 is 1.37 bits per heavy atom. The summed E-state index contributed by atoms with van der Waals surface area (Å²) in [5.74, 6) is 0.114. The number of amides is 1. The maximum Gasteiger partial charge on any atom is 0.272 e. The molecule has 5 nitrogen and oxygen atoms in total. The number of likely N-dealkylation sites (tertiary alicyclic amines) is 2. The van der Waals surface area contributed by atoms with Gasteiger partial charge in [0.25, 0.3) is 5.91 Å². The van der Waals surface area contributed by atoms with E-state index >= 15 is 0 Å². The lowest BCUT2D eigenvalue weighted by molar-refractivity contribution is 0.0644. The normalized spacial score (nSPS) is 28.2. The Balaban J connectivity index is 1.76. The fourth-order valence-corrected chi connectivity index (χ4v) is 3.65. The number of nitrogens with one attached hydrogen (secondary N) is 1. The highest BCUT2D eigenvalue weighted by Gasteiger charge is 2.39. The predicted octanol–water partition coefficient (Wildman–Crippen LogP) is 1.50. The van der Waals surface area contributed by atoms with Crippen LogP contribution >= 0.6 is 0 Å². The minimum atomic E-state index is 0.114. The number of aromatic nitrogens is 2. The molecule has 1 aromatic rings. The summed E-state index contributed by atoms with van der Waals surface area (Å²) >= 11 is 0. The lowest BCUT2D eigenvalue weighted by Crippen LogP contribution is -2.48. The smallest absolute Gasteiger partial charge is 0.272 e. The van der Waals surface area contributed by atoms with E-state index in [-0.39, 0.29) is 5.91 Å². The lowest BCUT2D eigenvalue weighted by atomic mass is 10.0. The van der Waals surface area contributed by atoms with E-state index < -0.39 is 0 Å². The molecule has 3 heterocycles. The number of aromatic amines is 1. The third-order valence-corrected chi connectivity index (χ3v) is 4.56. The van der Waals surface area contributed by atoms with Crippen molar-refractivity contribution < 1.29 is 4.79 Å². The standard InChI is InChI=1S/C14H22N4O/c1-2-17-9-3-5-12(17)13-6-4-10-18(13)14(19)11-7-8-15-16-11/h7-8,12-13H,2-6,9-10H2,1H3,(H,15,16). The molecule has 0 aromatic carbocycles. The molecular formula is C14H22N4O. The summed E-state index contributed by atoms with van der Waals surface area (Å²) in [6.45, 7) is 5.38. The zero-order valence-corrected chi connectivity index (χ0v) is 11.5. The van der Waals surface area contributed by atoms with Gasteiger partial charge in [-0.3, -0.25) is 14.8 Å². The van der Waals surface area contributed by atoms with Crippen LogP contribution in [-0.4, -0.2) is 57.6 Å². The summed E-state index contributed by atoms with van der Waals surface area (Å²) < 4.78 is 0. The van der Waals surface area contributed by atoms with Crippen LogP contribution in [0.25, 0.3) is 0 Å². The molecule has 2 fully saturated rings. The Morgan fingerprint density at radius 3 is 2.89 bits per heavy atom. The summed E-state index contributed by atoms with van der Waals surface area (Å²) in [4.78, 5) is 17.1. The highest BCUT2D eigenvalue weighted by atomic mass is 16.2. The minimum Gasteiger partial charge on any atom is -0.333 e. The van der Waals surface area contributed by atoms with Crippen LogP contribution in [0.15, 0.2) is 12.3 Å². The summed E-state index contributed by atoms with van der Waals surface area (Å²) in [7, 11) is 0. The molecule has 0 radical (unpaired) electrons. The van der Waals surface area contributed by atoms with Gasteiger partial charge in [0.1, 0.15) is 5.69 Å². The molecule has 104 valence electrons. The highest BCUT2D eigenvalue weighted by Crippen LogP contribution is 2.30. The molecule has 0 saturated carbocycles. The van der Waals surface area contributed by atoms with Gasteiger partial charge >= 0.3 is 0 Å². The SMILES string of the molecule is CCN1CCCC1C1CCCN1C(=O)c1ccn[nH]1. The molecule has 1 N–H and O–H groups in total. The van der Waals surface area contributed by atoms with Crippen molar-refractivity contribution in [2.75, 3.05) is 19.6 Å². The second kappa shape index (κ2) is 5.33. The predicted molar refractivity (Wildman–Crippen MR) is 72.9 cm³/mol. The number of carbonyl (C=O) groups excluding carboxylic acids is 1. The molecule has 2 saturated heterocycles. The van der Waals surface area contributed by atoms with Crippen molar-refractivity contribution in [3.05, 3.63) is 18.0 Å². The first-order valence-corrected chi connectivity index (χ1v) is 7.35. The number of rotatable bonds is 3. The van der Waals surface area contributed by atoms with E-state index in [0.29, 0.717) is 17.8 Å². The van der Waals surface area contributed by atoms with Crippen molar-refractivity contribution in [1.29, 1.82) is 0 Å². The molecule has 3 rings (SSSR count). The first kappa shape index (κ1) is 12.7. The Bertz CT molecular complexity index is 431. The topological polar surface area (TPSA) is 52.2 Å². The molecule has 0 aliphatic carbocycles. The molecule has 1 amide bonds. The Kier molecular flexibility index (Phi) is 3.55. The third kappa shape index (κ3) is 2.27. The maximum atomic E-state index is 12.5. The molecule has 19 heavy (non-hydrogen) atoms. The van der Waals surface area contributed by atoms with Gasteiger partial charge in [-0.2, -0.15) is 5.10 Å². The van der Waals surface area contributed by atoms with Crippen LogP contribution in [0.5, 0.6) is 0 Å². The molecule has 5 heteroatoms. The summed E-state index contributed by atoms with van der Waals surface area (Å²) in [5, 5.41) is 6.68. The fraction of sp³-hybridized carbons (Fsp3) is 0.714. The second-order valence-electron chi connectivity index (χ2n) is 5.52. The van der Waals surface area contributed by atoms with E-state index in [4.69, 9.17) is 0 Å². The van der Waals surface area contributed by atoms with Gasteiger partial charge < -0.3 is 4.90 Å². The highest BCUT2D eigenvalue weighted by molar-refractivity contribution is 5.92. The molecule has 2 aliphatic rings. The van der Waals surface area contributed by atoms with Gasteiger partial charge in [-0.15, -0.1) is 0 Å². The first-order valence-electron chi connectivity index (χ1n) is 7.35. The minimum absolute atomic E-state index is 0.114. The monoisotopic (exact) mass is 262 g/mol. The molecule has 2 unspecified atom stereocenters. The molecular weight excluding hydrogens is 240 g/mol. The molecule has 2 aliphatic heterocycles. The van der Waals surface area contributed by atoms with Gasteiger partial charge in [-0.1, -0.05) is 6.92 Å². The fourth-order valence-electron chi connectivity index (χ4n) is 3.65. The van der Waals surface area contributed by atoms with Crippen LogP contribution in [0.1, 0.15) is 43.1 Å². The number of H-pyrrole nitrogens is 1. The zero-order chi connectivity index (χ0) is 13.2. The van der Waals surface area contributed by atoms with Crippen LogP contribution in [0.2, 0.25) is 0 Å². The van der Waals surface area contributed by atoms with Crippen molar-refractivity contribution in [2.24, 2.45) is 0 Å². The summed E-state index contributed by atoms with van der Waals surface area (Å²) in [5.41, 5.74) is 0.618. The quantitative estimate of drug-likeness (QED) is 0.898. The molecule has 2 atom stereocenters. The van der Waals surface area contributed by atoms with Crippen LogP contribution in [0.4, 0.5) is 0 Å². The molecule has 0 bridgehead atoms. The van der Waals surface area contributed by atoms with E-state index in [1.807, 2.05) is 0 Å². The van der Waals surface area contributed by atoms with Crippen LogP contribution in [0.3, 0.4) is 0 Å². The lowest BCUT2D eigenvalue weighted by Gasteiger charge is -2.34. The third-order valence-electron chi connectivity index (χ3n) is 4.56. The largest absolute Gasteiger partial charge is 0.333 e. The van der Waals surface area contributed by atoms with E-state index in [1.165, 1.54) is 19.4 Å². The average Bonchev–Trinajstić information content (AvgIpc) is 3.16. The number of likely N-dealkylation sites (N-methyl/N-ethyl adjacent to an activating group) is 1. The van der Waals surface area contributed by atoms with Gasteiger partial charge in [0.15, 0.2) is 0 Å². The Labute approximate surface area is 114 Å². The van der Waals surface area contributed by atoms with Gasteiger partial charge in [0, 0.05) is 24.8 Å². The van der Waals surface area contributed by atoms with E-state index in [0.717, 1.165) is 25.9 Å². The van der Waals surface area contributed by atoms with Crippen molar-refractivity contribution in [3.63, 3.8) is 0 Å². The van der Waals surface area contributed by atoms with Gasteiger partial charge in [0.2, 0.25) is 0 Å². The van der Waals surface area contributed by atoms with Crippen molar-refractivity contribution in [1.82, 2.24) is 20.0 Å². The maximum absolute atomic E-state index is 12.5. The first-order chi connectivity index (χ1) is 9.31. The average molecular weight is 262 g/mol. The van der Waals surface area contributed by atoms with E-state index in [2.05, 4.69) is 26.9 Å². The summed E-state index contributed by atoms with van der Waals surface area (Å²) in [6, 6.07) is 2.71. The van der Waals surface area contributed by atoms with Gasteiger partial charge in [0.05, 0.1) is 0 Å². The van der Waals surface area contributed by atoms with Crippen molar-refractivity contribution >= 4 is 5.91 Å². The number of nitrogens with zero attached hydrogens (tertiary/aromatic N) is 3. The molecule has 1 aromatic heterocycles.